The summed E-state index contributed by atoms with van der Waals surface area (Å²) >= 11 is 0. The fourth-order valence-corrected chi connectivity index (χ4v) is 3.25. The highest BCUT2D eigenvalue weighted by Gasteiger charge is 2.39. The van der Waals surface area contributed by atoms with Gasteiger partial charge in [0.05, 0.1) is 18.6 Å². The molecule has 3 N–H and O–H groups in total. The number of carbonyl (C=O) groups excluding carboxylic acids is 2. The SMILES string of the molecule is CC(C)OC(=O)CC(NC(=O)C1CC(C2CC2)NN1)c1ccccc1. The summed E-state index contributed by atoms with van der Waals surface area (Å²) in [7, 11) is 0. The lowest BCUT2D eigenvalue weighted by Gasteiger charge is -2.21. The predicted octanol–water partition coefficient (Wildman–Crippen LogP) is 1.83. The van der Waals surface area contributed by atoms with Crippen LogP contribution in [0.25, 0.3) is 0 Å². The van der Waals surface area contributed by atoms with E-state index >= 15 is 0 Å². The van der Waals surface area contributed by atoms with Crippen molar-refractivity contribution in [1.82, 2.24) is 16.2 Å². The minimum absolute atomic E-state index is 0.0816. The molecule has 1 aliphatic heterocycles. The first-order chi connectivity index (χ1) is 12.0. The maximum Gasteiger partial charge on any atom is 0.308 e. The summed E-state index contributed by atoms with van der Waals surface area (Å²) in [6, 6.07) is 9.28. The number of ether oxygens (including phenoxy) is 1. The molecule has 1 aromatic rings. The van der Waals surface area contributed by atoms with Gasteiger partial charge in [-0.15, -0.1) is 0 Å². The Morgan fingerprint density at radius 2 is 1.92 bits per heavy atom. The number of nitrogens with one attached hydrogen (secondary N) is 3. The van der Waals surface area contributed by atoms with Crippen LogP contribution in [0, 0.1) is 5.92 Å². The number of rotatable bonds is 7. The third-order valence-electron chi connectivity index (χ3n) is 4.70. The molecule has 2 aliphatic rings. The fraction of sp³-hybridized carbons (Fsp3) is 0.579. The first-order valence-corrected chi connectivity index (χ1v) is 9.08. The lowest BCUT2D eigenvalue weighted by atomic mass is 10.0. The van der Waals surface area contributed by atoms with Gasteiger partial charge in [0.1, 0.15) is 6.04 Å². The number of amides is 1. The van der Waals surface area contributed by atoms with Crippen molar-refractivity contribution in [2.75, 3.05) is 0 Å². The standard InChI is InChI=1S/C19H27N3O3/c1-12(2)25-18(23)11-15(13-6-4-3-5-7-13)20-19(24)17-10-16(21-22-17)14-8-9-14/h3-7,12,14-17,21-22H,8-11H2,1-2H3,(H,20,24). The van der Waals surface area contributed by atoms with Crippen LogP contribution >= 0.6 is 0 Å². The van der Waals surface area contributed by atoms with E-state index < -0.39 is 0 Å². The number of esters is 1. The Morgan fingerprint density at radius 1 is 1.20 bits per heavy atom. The summed E-state index contributed by atoms with van der Waals surface area (Å²) in [5.74, 6) is 0.301. The third-order valence-corrected chi connectivity index (χ3v) is 4.70. The molecular formula is C19H27N3O3. The highest BCUT2D eigenvalue weighted by Crippen LogP contribution is 2.35. The zero-order valence-corrected chi connectivity index (χ0v) is 14.8. The fourth-order valence-electron chi connectivity index (χ4n) is 3.25. The first kappa shape index (κ1) is 17.9. The smallest absolute Gasteiger partial charge is 0.308 e. The highest BCUT2D eigenvalue weighted by molar-refractivity contribution is 5.83. The van der Waals surface area contributed by atoms with Gasteiger partial charge in [-0.1, -0.05) is 30.3 Å². The van der Waals surface area contributed by atoms with Gasteiger partial charge in [-0.2, -0.15) is 0 Å². The van der Waals surface area contributed by atoms with E-state index in [4.69, 9.17) is 4.74 Å². The van der Waals surface area contributed by atoms with Crippen molar-refractivity contribution in [2.24, 2.45) is 5.92 Å². The van der Waals surface area contributed by atoms with E-state index in [1.165, 1.54) is 12.8 Å². The summed E-state index contributed by atoms with van der Waals surface area (Å²) in [5.41, 5.74) is 7.22. The maximum absolute atomic E-state index is 12.7. The van der Waals surface area contributed by atoms with Crippen molar-refractivity contribution in [3.8, 4) is 0 Å². The Balaban J connectivity index is 1.62. The number of hydrazine groups is 1. The molecule has 2 fully saturated rings. The predicted molar refractivity (Wildman–Crippen MR) is 94.4 cm³/mol. The summed E-state index contributed by atoms with van der Waals surface area (Å²) < 4.78 is 5.25. The Morgan fingerprint density at radius 3 is 2.56 bits per heavy atom. The van der Waals surface area contributed by atoms with Crippen LogP contribution in [0.1, 0.15) is 51.1 Å². The molecule has 136 valence electrons. The second-order valence-electron chi connectivity index (χ2n) is 7.24. The van der Waals surface area contributed by atoms with Gasteiger partial charge >= 0.3 is 5.97 Å². The molecule has 0 aromatic heterocycles. The minimum Gasteiger partial charge on any atom is -0.463 e. The monoisotopic (exact) mass is 345 g/mol. The Bertz CT molecular complexity index is 601. The zero-order chi connectivity index (χ0) is 17.8. The average molecular weight is 345 g/mol. The molecule has 1 aromatic carbocycles. The van der Waals surface area contributed by atoms with E-state index in [1.807, 2.05) is 44.2 Å². The molecule has 1 aliphatic carbocycles. The van der Waals surface area contributed by atoms with Crippen LogP contribution in [0.4, 0.5) is 0 Å². The second kappa shape index (κ2) is 7.97. The van der Waals surface area contributed by atoms with Gasteiger partial charge in [0, 0.05) is 6.04 Å². The Labute approximate surface area is 148 Å². The quantitative estimate of drug-likeness (QED) is 0.657. The van der Waals surface area contributed by atoms with Crippen molar-refractivity contribution in [3.63, 3.8) is 0 Å². The largest absolute Gasteiger partial charge is 0.463 e. The van der Waals surface area contributed by atoms with Gasteiger partial charge in [0.25, 0.3) is 0 Å². The molecular weight excluding hydrogens is 318 g/mol. The van der Waals surface area contributed by atoms with Gasteiger partial charge < -0.3 is 10.1 Å². The molecule has 1 saturated carbocycles. The molecule has 6 heteroatoms. The van der Waals surface area contributed by atoms with Crippen molar-refractivity contribution in [3.05, 3.63) is 35.9 Å². The molecule has 3 unspecified atom stereocenters. The van der Waals surface area contributed by atoms with E-state index in [-0.39, 0.29) is 36.5 Å². The summed E-state index contributed by atoms with van der Waals surface area (Å²) in [5, 5.41) is 3.02. The number of hydrogen-bond donors (Lipinski definition) is 3. The number of benzene rings is 1. The van der Waals surface area contributed by atoms with E-state index in [0.29, 0.717) is 12.0 Å². The first-order valence-electron chi connectivity index (χ1n) is 9.08. The van der Waals surface area contributed by atoms with E-state index in [9.17, 15) is 9.59 Å². The van der Waals surface area contributed by atoms with Crippen LogP contribution < -0.4 is 16.2 Å². The summed E-state index contributed by atoms with van der Waals surface area (Å²) in [6.07, 6.45) is 3.22. The topological polar surface area (TPSA) is 79.5 Å². The zero-order valence-electron chi connectivity index (χ0n) is 14.8. The molecule has 1 heterocycles. The van der Waals surface area contributed by atoms with Crippen molar-refractivity contribution in [2.45, 2.75) is 63.8 Å². The van der Waals surface area contributed by atoms with E-state index in [0.717, 1.165) is 12.0 Å². The Hall–Kier alpha value is -1.92. The lowest BCUT2D eigenvalue weighted by Crippen LogP contribution is -2.45. The second-order valence-corrected chi connectivity index (χ2v) is 7.24. The molecule has 3 atom stereocenters. The molecule has 0 bridgehead atoms. The molecule has 0 radical (unpaired) electrons. The number of carbonyl (C=O) groups is 2. The van der Waals surface area contributed by atoms with Gasteiger partial charge in [-0.05, 0) is 44.6 Å². The molecule has 1 saturated heterocycles. The van der Waals surface area contributed by atoms with Gasteiger partial charge in [0.15, 0.2) is 0 Å². The van der Waals surface area contributed by atoms with Gasteiger partial charge in [-0.25, -0.2) is 5.43 Å². The van der Waals surface area contributed by atoms with Crippen LogP contribution in [0.15, 0.2) is 30.3 Å². The third kappa shape index (κ3) is 5.03. The summed E-state index contributed by atoms with van der Waals surface area (Å²) in [4.78, 5) is 24.7. The molecule has 0 spiro atoms. The van der Waals surface area contributed by atoms with Gasteiger partial charge in [-0.3, -0.25) is 15.0 Å². The minimum atomic E-state index is -0.387. The summed E-state index contributed by atoms with van der Waals surface area (Å²) in [6.45, 7) is 3.64. The van der Waals surface area contributed by atoms with Crippen LogP contribution in [-0.2, 0) is 14.3 Å². The van der Waals surface area contributed by atoms with Crippen molar-refractivity contribution in [1.29, 1.82) is 0 Å². The number of hydrogen-bond acceptors (Lipinski definition) is 5. The van der Waals surface area contributed by atoms with Crippen molar-refractivity contribution < 1.29 is 14.3 Å². The molecule has 6 nitrogen and oxygen atoms in total. The van der Waals surface area contributed by atoms with Gasteiger partial charge in [0.2, 0.25) is 5.91 Å². The molecule has 3 rings (SSSR count). The van der Waals surface area contributed by atoms with Crippen LogP contribution in [0.2, 0.25) is 0 Å². The highest BCUT2D eigenvalue weighted by atomic mass is 16.5. The van der Waals surface area contributed by atoms with Crippen LogP contribution in [-0.4, -0.2) is 30.1 Å². The average Bonchev–Trinajstić information content (AvgIpc) is 3.31. The van der Waals surface area contributed by atoms with E-state index in [2.05, 4.69) is 16.2 Å². The molecule has 25 heavy (non-hydrogen) atoms. The maximum atomic E-state index is 12.7. The molecule has 1 amide bonds. The van der Waals surface area contributed by atoms with E-state index in [1.54, 1.807) is 0 Å². The van der Waals surface area contributed by atoms with Crippen LogP contribution in [0.3, 0.4) is 0 Å². The van der Waals surface area contributed by atoms with Crippen molar-refractivity contribution >= 4 is 11.9 Å². The normalized spacial score (nSPS) is 24.1. The Kier molecular flexibility index (Phi) is 5.71. The lowest BCUT2D eigenvalue weighted by molar-refractivity contribution is -0.148. The van der Waals surface area contributed by atoms with Crippen LogP contribution in [0.5, 0.6) is 0 Å².